The Morgan fingerprint density at radius 3 is 2.56 bits per heavy atom. The van der Waals surface area contributed by atoms with Crippen LogP contribution >= 0.6 is 46.8 Å². The molecule has 9 heteroatoms. The molecule has 1 aromatic heterocycles. The number of nitrogens with zero attached hydrogens (tertiary/aromatic N) is 2. The van der Waals surface area contributed by atoms with Crippen LogP contribution in [0.1, 0.15) is 59.0 Å². The highest BCUT2D eigenvalue weighted by atomic mass is 35.5. The molecule has 2 aromatic rings. The van der Waals surface area contributed by atoms with Crippen LogP contribution in [-0.2, 0) is 24.1 Å². The number of thiocarbonyl (C=S) groups is 1. The number of rotatable bonds is 5. The van der Waals surface area contributed by atoms with E-state index in [0.29, 0.717) is 27.3 Å². The summed E-state index contributed by atoms with van der Waals surface area (Å²) in [4.78, 5) is 18.7. The number of fused-ring (bicyclic) bond motifs is 1. The van der Waals surface area contributed by atoms with Gasteiger partial charge >= 0.3 is 5.97 Å². The minimum Gasteiger partial charge on any atom is -0.462 e. The summed E-state index contributed by atoms with van der Waals surface area (Å²) in [6.07, 6.45) is 6.69. The first-order valence-electron chi connectivity index (χ1n) is 12.0. The number of thiophene rings is 1. The highest BCUT2D eigenvalue weighted by molar-refractivity contribution is 7.80. The molecule has 2 aliphatic rings. The van der Waals surface area contributed by atoms with Gasteiger partial charge < -0.3 is 15.0 Å². The van der Waals surface area contributed by atoms with Crippen LogP contribution in [0, 0.1) is 0 Å². The zero-order valence-corrected chi connectivity index (χ0v) is 22.6. The van der Waals surface area contributed by atoms with Crippen molar-refractivity contribution >= 4 is 62.8 Å². The summed E-state index contributed by atoms with van der Waals surface area (Å²) in [5.74, 6) is -0.240. The van der Waals surface area contributed by atoms with E-state index >= 15 is 0 Å². The Balaban J connectivity index is 1.41. The molecule has 5 nitrogen and oxygen atoms in total. The second-order valence-corrected chi connectivity index (χ2v) is 11.1. The molecule has 1 saturated heterocycles. The van der Waals surface area contributed by atoms with Gasteiger partial charge in [-0.15, -0.1) is 11.3 Å². The van der Waals surface area contributed by atoms with Crippen LogP contribution in [0.5, 0.6) is 0 Å². The maximum atomic E-state index is 12.9. The van der Waals surface area contributed by atoms with Gasteiger partial charge in [0, 0.05) is 47.6 Å². The minimum absolute atomic E-state index is 0.240. The molecule has 0 bridgehead atoms. The van der Waals surface area contributed by atoms with Gasteiger partial charge in [0.2, 0.25) is 0 Å². The highest BCUT2D eigenvalue weighted by Gasteiger charge is 2.27. The number of ether oxygens (including phenoxy) is 1. The lowest BCUT2D eigenvalue weighted by atomic mass is 9.96. The van der Waals surface area contributed by atoms with Crippen molar-refractivity contribution in [2.24, 2.45) is 0 Å². The molecule has 1 aromatic carbocycles. The Bertz CT molecular complexity index is 1040. The first-order chi connectivity index (χ1) is 16.5. The van der Waals surface area contributed by atoms with Crippen LogP contribution in [0.3, 0.4) is 0 Å². The molecule has 1 aliphatic carbocycles. The molecule has 2 heterocycles. The zero-order valence-electron chi connectivity index (χ0n) is 19.5. The molecular weight excluding hydrogens is 509 g/mol. The summed E-state index contributed by atoms with van der Waals surface area (Å²) in [6, 6.07) is 5.66. The molecule has 184 valence electrons. The van der Waals surface area contributed by atoms with Gasteiger partial charge in [-0.25, -0.2) is 4.79 Å². The molecule has 0 amide bonds. The number of benzene rings is 1. The third-order valence-electron chi connectivity index (χ3n) is 6.44. The smallest absolute Gasteiger partial charge is 0.341 e. The summed E-state index contributed by atoms with van der Waals surface area (Å²) < 4.78 is 5.42. The van der Waals surface area contributed by atoms with E-state index in [4.69, 9.17) is 40.2 Å². The van der Waals surface area contributed by atoms with Gasteiger partial charge in [0.15, 0.2) is 5.11 Å². The first kappa shape index (κ1) is 25.7. The summed E-state index contributed by atoms with van der Waals surface area (Å²) >= 11 is 19.8. The average Bonchev–Trinajstić information content (AvgIpc) is 3.12. The molecule has 0 saturated carbocycles. The van der Waals surface area contributed by atoms with E-state index in [-0.39, 0.29) is 5.97 Å². The van der Waals surface area contributed by atoms with Gasteiger partial charge in [-0.3, -0.25) is 4.90 Å². The van der Waals surface area contributed by atoms with E-state index in [0.717, 1.165) is 68.1 Å². The van der Waals surface area contributed by atoms with Crippen LogP contribution in [0.2, 0.25) is 10.0 Å². The van der Waals surface area contributed by atoms with Gasteiger partial charge in [-0.05, 0) is 68.1 Å². The zero-order chi connectivity index (χ0) is 24.1. The van der Waals surface area contributed by atoms with Crippen molar-refractivity contribution in [3.63, 3.8) is 0 Å². The monoisotopic (exact) mass is 539 g/mol. The Kier molecular flexibility index (Phi) is 9.10. The molecule has 1 aliphatic heterocycles. The number of piperazine rings is 1. The van der Waals surface area contributed by atoms with Crippen LogP contribution in [0.25, 0.3) is 0 Å². The number of hydrogen-bond acceptors (Lipinski definition) is 5. The maximum absolute atomic E-state index is 12.9. The van der Waals surface area contributed by atoms with E-state index in [1.807, 2.05) is 19.1 Å². The number of carbonyl (C=O) groups is 1. The normalized spacial score (nSPS) is 17.0. The van der Waals surface area contributed by atoms with Gasteiger partial charge in [-0.1, -0.05) is 42.1 Å². The summed E-state index contributed by atoms with van der Waals surface area (Å²) in [6.45, 7) is 6.40. The fraction of sp³-hybridized carbons (Fsp3) is 0.520. The van der Waals surface area contributed by atoms with Crippen molar-refractivity contribution in [1.29, 1.82) is 0 Å². The Hall–Kier alpha value is -1.38. The van der Waals surface area contributed by atoms with Gasteiger partial charge in [0.05, 0.1) is 12.2 Å². The van der Waals surface area contributed by atoms with E-state index in [9.17, 15) is 4.79 Å². The van der Waals surface area contributed by atoms with Crippen molar-refractivity contribution < 1.29 is 9.53 Å². The molecule has 1 fully saturated rings. The van der Waals surface area contributed by atoms with E-state index in [1.54, 1.807) is 17.4 Å². The molecule has 4 rings (SSSR count). The maximum Gasteiger partial charge on any atom is 0.341 e. The highest BCUT2D eigenvalue weighted by Crippen LogP contribution is 2.38. The topological polar surface area (TPSA) is 44.8 Å². The largest absolute Gasteiger partial charge is 0.462 e. The van der Waals surface area contributed by atoms with Crippen molar-refractivity contribution in [3.05, 3.63) is 49.8 Å². The molecule has 0 atom stereocenters. The standard InChI is InChI=1S/C25H31Cl2N3O2S2/c1-2-32-24(31)22-19-7-5-3-4-6-8-21(19)34-23(22)28-25(33)30-13-11-29(12-14-30)16-17-9-10-18(26)15-20(17)27/h9-10,15H,2-8,11-14,16H2,1H3,(H,28,33). The van der Waals surface area contributed by atoms with Crippen LogP contribution in [0.4, 0.5) is 5.00 Å². The van der Waals surface area contributed by atoms with Crippen molar-refractivity contribution in [2.75, 3.05) is 38.1 Å². The van der Waals surface area contributed by atoms with E-state index in [2.05, 4.69) is 15.1 Å². The van der Waals surface area contributed by atoms with Crippen LogP contribution < -0.4 is 5.32 Å². The lowest BCUT2D eigenvalue weighted by Gasteiger charge is -2.36. The molecule has 0 radical (unpaired) electrons. The summed E-state index contributed by atoms with van der Waals surface area (Å²) in [7, 11) is 0. The number of aryl methyl sites for hydroxylation is 1. The molecular formula is C25H31Cl2N3O2S2. The molecule has 34 heavy (non-hydrogen) atoms. The van der Waals surface area contributed by atoms with Crippen molar-refractivity contribution in [2.45, 2.75) is 52.0 Å². The number of hydrogen-bond donors (Lipinski definition) is 1. The lowest BCUT2D eigenvalue weighted by molar-refractivity contribution is 0.0526. The predicted molar refractivity (Wildman–Crippen MR) is 146 cm³/mol. The predicted octanol–water partition coefficient (Wildman–Crippen LogP) is 6.41. The van der Waals surface area contributed by atoms with E-state index < -0.39 is 0 Å². The fourth-order valence-corrected chi connectivity index (χ4v) is 6.70. The Morgan fingerprint density at radius 1 is 1.12 bits per heavy atom. The number of nitrogens with one attached hydrogen (secondary N) is 1. The second-order valence-electron chi connectivity index (χ2n) is 8.77. The summed E-state index contributed by atoms with van der Waals surface area (Å²) in [5, 5.41) is 6.28. The Labute approximate surface area is 221 Å². The number of carbonyl (C=O) groups excluding carboxylic acids is 1. The van der Waals surface area contributed by atoms with Crippen LogP contribution in [-0.4, -0.2) is 53.7 Å². The number of esters is 1. The lowest BCUT2D eigenvalue weighted by Crippen LogP contribution is -2.49. The molecule has 1 N–H and O–H groups in total. The Morgan fingerprint density at radius 2 is 1.85 bits per heavy atom. The average molecular weight is 541 g/mol. The third-order valence-corrected chi connectivity index (χ3v) is 8.59. The molecule has 0 spiro atoms. The third kappa shape index (κ3) is 6.24. The van der Waals surface area contributed by atoms with Gasteiger partial charge in [-0.2, -0.15) is 0 Å². The first-order valence-corrected chi connectivity index (χ1v) is 14.0. The molecule has 0 unspecified atom stereocenters. The number of halogens is 2. The number of anilines is 1. The minimum atomic E-state index is -0.240. The van der Waals surface area contributed by atoms with E-state index in [1.165, 1.54) is 24.1 Å². The van der Waals surface area contributed by atoms with Crippen molar-refractivity contribution in [1.82, 2.24) is 9.80 Å². The van der Waals surface area contributed by atoms with Crippen molar-refractivity contribution in [3.8, 4) is 0 Å². The van der Waals surface area contributed by atoms with Crippen LogP contribution in [0.15, 0.2) is 18.2 Å². The quantitative estimate of drug-likeness (QED) is 0.350. The van der Waals surface area contributed by atoms with Gasteiger partial charge in [0.1, 0.15) is 5.00 Å². The summed E-state index contributed by atoms with van der Waals surface area (Å²) in [5.41, 5.74) is 2.94. The second kappa shape index (κ2) is 12.0. The van der Waals surface area contributed by atoms with Gasteiger partial charge in [0.25, 0.3) is 0 Å². The fourth-order valence-electron chi connectivity index (χ4n) is 4.60. The SMILES string of the molecule is CCOC(=O)c1c(NC(=S)N2CCN(Cc3ccc(Cl)cc3Cl)CC2)sc2c1CCCCCC2.